The van der Waals surface area contributed by atoms with E-state index in [2.05, 4.69) is 5.32 Å². The SMILES string of the molecule is CCCC(=O)NC(C(=O)O)C(C)C. The molecule has 0 bridgehead atoms. The molecule has 13 heavy (non-hydrogen) atoms. The molecule has 0 aliphatic rings. The molecule has 4 heteroatoms. The van der Waals surface area contributed by atoms with Crippen LogP contribution < -0.4 is 5.32 Å². The van der Waals surface area contributed by atoms with Gasteiger partial charge in [0.05, 0.1) is 0 Å². The number of hydrogen-bond donors (Lipinski definition) is 2. The van der Waals surface area contributed by atoms with E-state index in [4.69, 9.17) is 5.11 Å². The van der Waals surface area contributed by atoms with Crippen molar-refractivity contribution in [2.45, 2.75) is 39.7 Å². The van der Waals surface area contributed by atoms with Gasteiger partial charge in [-0.15, -0.1) is 0 Å². The van der Waals surface area contributed by atoms with Gasteiger partial charge in [0.15, 0.2) is 0 Å². The molecule has 0 aromatic carbocycles. The van der Waals surface area contributed by atoms with Crippen LogP contribution in [0.15, 0.2) is 0 Å². The topological polar surface area (TPSA) is 66.4 Å². The average molecular weight is 187 g/mol. The van der Waals surface area contributed by atoms with Gasteiger partial charge in [-0.2, -0.15) is 0 Å². The molecule has 0 spiro atoms. The van der Waals surface area contributed by atoms with Crippen molar-refractivity contribution in [3.05, 3.63) is 0 Å². The first-order chi connectivity index (χ1) is 5.99. The normalized spacial score (nSPS) is 12.6. The zero-order valence-corrected chi connectivity index (χ0v) is 8.33. The molecule has 0 saturated heterocycles. The molecule has 1 atom stereocenters. The standard InChI is InChI=1S/C9H17NO3/c1-4-5-7(11)10-8(6(2)3)9(12)13/h6,8H,4-5H2,1-3H3,(H,10,11)(H,12,13). The lowest BCUT2D eigenvalue weighted by Gasteiger charge is -2.17. The molecule has 0 heterocycles. The molecule has 76 valence electrons. The highest BCUT2D eigenvalue weighted by molar-refractivity contribution is 5.83. The number of carbonyl (C=O) groups excluding carboxylic acids is 1. The molecule has 0 aliphatic carbocycles. The van der Waals surface area contributed by atoms with Crippen LogP contribution in [0.4, 0.5) is 0 Å². The maximum absolute atomic E-state index is 11.1. The van der Waals surface area contributed by atoms with Crippen molar-refractivity contribution in [3.8, 4) is 0 Å². The number of amides is 1. The Labute approximate surface area is 78.3 Å². The second kappa shape index (κ2) is 5.56. The summed E-state index contributed by atoms with van der Waals surface area (Å²) in [7, 11) is 0. The number of hydrogen-bond acceptors (Lipinski definition) is 2. The van der Waals surface area contributed by atoms with Crippen LogP contribution in [-0.2, 0) is 9.59 Å². The minimum atomic E-state index is -0.973. The predicted molar refractivity (Wildman–Crippen MR) is 49.3 cm³/mol. The first-order valence-electron chi connectivity index (χ1n) is 4.51. The van der Waals surface area contributed by atoms with Gasteiger partial charge in [-0.3, -0.25) is 4.79 Å². The highest BCUT2D eigenvalue weighted by Gasteiger charge is 2.22. The molecule has 4 nitrogen and oxygen atoms in total. The molecule has 0 aliphatic heterocycles. The van der Waals surface area contributed by atoms with Crippen molar-refractivity contribution in [2.24, 2.45) is 5.92 Å². The van der Waals surface area contributed by atoms with Crippen molar-refractivity contribution in [1.82, 2.24) is 5.32 Å². The number of aliphatic carboxylic acids is 1. The summed E-state index contributed by atoms with van der Waals surface area (Å²) in [5, 5.41) is 11.2. The third-order valence-electron chi connectivity index (χ3n) is 1.73. The van der Waals surface area contributed by atoms with Crippen molar-refractivity contribution >= 4 is 11.9 Å². The van der Waals surface area contributed by atoms with Crippen LogP contribution in [0.1, 0.15) is 33.6 Å². The lowest BCUT2D eigenvalue weighted by molar-refractivity contribution is -0.143. The van der Waals surface area contributed by atoms with E-state index in [1.54, 1.807) is 13.8 Å². The lowest BCUT2D eigenvalue weighted by atomic mass is 10.0. The fraction of sp³-hybridized carbons (Fsp3) is 0.778. The minimum absolute atomic E-state index is 0.0849. The molecule has 1 unspecified atom stereocenters. The Bertz CT molecular complexity index is 189. The third-order valence-corrected chi connectivity index (χ3v) is 1.73. The van der Waals surface area contributed by atoms with Crippen LogP contribution in [0.3, 0.4) is 0 Å². The van der Waals surface area contributed by atoms with Gasteiger partial charge < -0.3 is 10.4 Å². The second-order valence-corrected chi connectivity index (χ2v) is 3.38. The number of nitrogens with one attached hydrogen (secondary N) is 1. The maximum Gasteiger partial charge on any atom is 0.326 e. The molecule has 1 amide bonds. The highest BCUT2D eigenvalue weighted by Crippen LogP contribution is 2.02. The summed E-state index contributed by atoms with van der Waals surface area (Å²) in [5.41, 5.74) is 0. The summed E-state index contributed by atoms with van der Waals surface area (Å²) in [5.74, 6) is -1.25. The number of rotatable bonds is 5. The molecule has 0 radical (unpaired) electrons. The lowest BCUT2D eigenvalue weighted by Crippen LogP contribution is -2.44. The van der Waals surface area contributed by atoms with Crippen molar-refractivity contribution in [2.75, 3.05) is 0 Å². The fourth-order valence-electron chi connectivity index (χ4n) is 0.986. The van der Waals surface area contributed by atoms with Gasteiger partial charge in [0.1, 0.15) is 6.04 Å². The second-order valence-electron chi connectivity index (χ2n) is 3.38. The molecular weight excluding hydrogens is 170 g/mol. The predicted octanol–water partition coefficient (Wildman–Crippen LogP) is 1.01. The fourth-order valence-corrected chi connectivity index (χ4v) is 0.986. The van der Waals surface area contributed by atoms with E-state index in [9.17, 15) is 9.59 Å². The Kier molecular flexibility index (Phi) is 5.11. The van der Waals surface area contributed by atoms with Gasteiger partial charge >= 0.3 is 5.97 Å². The Morgan fingerprint density at radius 2 is 1.92 bits per heavy atom. The van der Waals surface area contributed by atoms with Crippen molar-refractivity contribution < 1.29 is 14.7 Å². The van der Waals surface area contributed by atoms with E-state index in [0.717, 1.165) is 6.42 Å². The summed E-state index contributed by atoms with van der Waals surface area (Å²) >= 11 is 0. The van der Waals surface area contributed by atoms with E-state index in [0.29, 0.717) is 6.42 Å². The highest BCUT2D eigenvalue weighted by atomic mass is 16.4. The number of carbonyl (C=O) groups is 2. The summed E-state index contributed by atoms with van der Waals surface area (Å²) in [6, 6.07) is -0.765. The molecular formula is C9H17NO3. The van der Waals surface area contributed by atoms with Gasteiger partial charge in [0.25, 0.3) is 0 Å². The Morgan fingerprint density at radius 3 is 2.23 bits per heavy atom. The summed E-state index contributed by atoms with van der Waals surface area (Å²) in [6.45, 7) is 5.42. The Balaban J connectivity index is 4.10. The van der Waals surface area contributed by atoms with Crippen molar-refractivity contribution in [3.63, 3.8) is 0 Å². The van der Waals surface area contributed by atoms with Crippen LogP contribution in [0.5, 0.6) is 0 Å². The number of carboxylic acids is 1. The van der Waals surface area contributed by atoms with E-state index >= 15 is 0 Å². The summed E-state index contributed by atoms with van der Waals surface area (Å²) in [4.78, 5) is 21.8. The van der Waals surface area contributed by atoms with Crippen LogP contribution in [0.2, 0.25) is 0 Å². The smallest absolute Gasteiger partial charge is 0.326 e. The summed E-state index contributed by atoms with van der Waals surface area (Å²) in [6.07, 6.45) is 1.12. The maximum atomic E-state index is 11.1. The van der Waals surface area contributed by atoms with Gasteiger partial charge in [-0.25, -0.2) is 4.79 Å². The van der Waals surface area contributed by atoms with Crippen LogP contribution in [0, 0.1) is 5.92 Å². The largest absolute Gasteiger partial charge is 0.480 e. The zero-order chi connectivity index (χ0) is 10.4. The van der Waals surface area contributed by atoms with E-state index in [-0.39, 0.29) is 11.8 Å². The minimum Gasteiger partial charge on any atom is -0.480 e. The van der Waals surface area contributed by atoms with Gasteiger partial charge in [0, 0.05) is 6.42 Å². The quantitative estimate of drug-likeness (QED) is 0.675. The molecule has 0 saturated carbocycles. The summed E-state index contributed by atoms with van der Waals surface area (Å²) < 4.78 is 0. The van der Waals surface area contributed by atoms with Crippen LogP contribution >= 0.6 is 0 Å². The van der Waals surface area contributed by atoms with Gasteiger partial charge in [-0.05, 0) is 12.3 Å². The van der Waals surface area contributed by atoms with E-state index < -0.39 is 12.0 Å². The molecule has 0 rings (SSSR count). The zero-order valence-electron chi connectivity index (χ0n) is 8.33. The Morgan fingerprint density at radius 1 is 1.38 bits per heavy atom. The molecule has 0 aromatic heterocycles. The van der Waals surface area contributed by atoms with E-state index in [1.807, 2.05) is 6.92 Å². The average Bonchev–Trinajstić information content (AvgIpc) is 1.99. The van der Waals surface area contributed by atoms with Gasteiger partial charge in [-0.1, -0.05) is 20.8 Å². The molecule has 0 aromatic rings. The van der Waals surface area contributed by atoms with Crippen molar-refractivity contribution in [1.29, 1.82) is 0 Å². The first kappa shape index (κ1) is 11.9. The first-order valence-corrected chi connectivity index (χ1v) is 4.51. The monoisotopic (exact) mass is 187 g/mol. The van der Waals surface area contributed by atoms with E-state index in [1.165, 1.54) is 0 Å². The molecule has 0 fully saturated rings. The van der Waals surface area contributed by atoms with Crippen LogP contribution in [-0.4, -0.2) is 23.0 Å². The Hall–Kier alpha value is -1.06. The van der Waals surface area contributed by atoms with Gasteiger partial charge in [0.2, 0.25) is 5.91 Å². The molecule has 2 N–H and O–H groups in total. The van der Waals surface area contributed by atoms with Crippen LogP contribution in [0.25, 0.3) is 0 Å². The number of carboxylic acid groups (broad SMARTS) is 1. The third kappa shape index (κ3) is 4.50.